The summed E-state index contributed by atoms with van der Waals surface area (Å²) in [6, 6.07) is 0.947. The lowest BCUT2D eigenvalue weighted by atomic mass is 10.1. The number of hydrogen-bond donors (Lipinski definition) is 4. The van der Waals surface area contributed by atoms with Crippen molar-refractivity contribution in [3.63, 3.8) is 0 Å². The Morgan fingerprint density at radius 1 is 1.38 bits per heavy atom. The van der Waals surface area contributed by atoms with E-state index in [1.165, 1.54) is 4.57 Å². The highest BCUT2D eigenvalue weighted by Crippen LogP contribution is 2.26. The molecule has 0 radical (unpaired) electrons. The lowest BCUT2D eigenvalue weighted by molar-refractivity contribution is 0.101. The molecule has 2 heterocycles. The van der Waals surface area contributed by atoms with Crippen molar-refractivity contribution in [3.8, 4) is 0 Å². The van der Waals surface area contributed by atoms with Gasteiger partial charge in [0.2, 0.25) is 0 Å². The van der Waals surface area contributed by atoms with Crippen molar-refractivity contribution in [2.45, 2.75) is 10.9 Å². The molecule has 0 fully saturated rings. The number of aliphatic hydroxyl groups excluding tert-OH is 1. The predicted molar refractivity (Wildman–Crippen MR) is 91.1 cm³/mol. The number of nitrogens with one attached hydrogen (secondary N) is 3. The first kappa shape index (κ1) is 18.4. The average Bonchev–Trinajstić information content (AvgIpc) is 2.84. The van der Waals surface area contributed by atoms with Crippen LogP contribution in [0.25, 0.3) is 6.08 Å². The Morgan fingerprint density at radius 2 is 2.04 bits per heavy atom. The number of aromatic nitrogens is 1. The van der Waals surface area contributed by atoms with Gasteiger partial charge >= 0.3 is 0 Å². The van der Waals surface area contributed by atoms with Gasteiger partial charge in [-0.1, -0.05) is 12.2 Å². The number of aliphatic hydroxyl groups is 1. The first-order valence-electron chi connectivity index (χ1n) is 7.47. The van der Waals surface area contributed by atoms with E-state index in [0.29, 0.717) is 22.6 Å². The molecule has 2 unspecified atom stereocenters. The maximum absolute atomic E-state index is 13.3. The third-order valence-electron chi connectivity index (χ3n) is 3.82. The number of hydrogen-bond acceptors (Lipinski definition) is 3. The second kappa shape index (κ2) is 7.06. The quantitative estimate of drug-likeness (QED) is 0.613. The van der Waals surface area contributed by atoms with Gasteiger partial charge in [-0.05, 0) is 10.9 Å². The summed E-state index contributed by atoms with van der Waals surface area (Å²) in [5.41, 5.74) is 0.413. The van der Waals surface area contributed by atoms with E-state index in [0.717, 1.165) is 0 Å². The number of carbonyl (C=O) groups excluding carboxylic acids is 1. The highest BCUT2D eigenvalue weighted by Gasteiger charge is 2.24. The third kappa shape index (κ3) is 3.30. The van der Waals surface area contributed by atoms with Crippen LogP contribution in [0.15, 0.2) is 29.3 Å². The molecule has 1 amide bonds. The molecule has 2 atom stereocenters. The maximum atomic E-state index is 13.3. The van der Waals surface area contributed by atoms with Crippen LogP contribution in [-0.2, 0) is 17.9 Å². The molecule has 3 rings (SSSR count). The summed E-state index contributed by atoms with van der Waals surface area (Å²) in [7, 11) is 0.433. The van der Waals surface area contributed by atoms with E-state index >= 15 is 0 Å². The summed E-state index contributed by atoms with van der Waals surface area (Å²) in [5, 5.41) is 11.6. The minimum atomic E-state index is -1.61. The standard InChI is InChI=1S/C16H15F3N4O2S/c1-23-6-13-10(3-2-8(7-24)22-26(13)20)15(23)16(25)21-9-4-11(17)14(19)12(18)5-9/h2-6,8,24H,7H2,1H3,(H2,20,22)(H,21,25). The fourth-order valence-corrected chi connectivity index (χ4v) is 3.84. The third-order valence-corrected chi connectivity index (χ3v) is 5.13. The van der Waals surface area contributed by atoms with Crippen LogP contribution in [0.2, 0.25) is 0 Å². The number of aryl methyl sites for hydroxylation is 1. The first-order chi connectivity index (χ1) is 12.3. The normalized spacial score (nSPS) is 19.1. The Morgan fingerprint density at radius 3 is 2.65 bits per heavy atom. The molecule has 0 saturated heterocycles. The van der Waals surface area contributed by atoms with Gasteiger partial charge in [0.25, 0.3) is 5.91 Å². The van der Waals surface area contributed by atoms with E-state index in [9.17, 15) is 23.1 Å². The van der Waals surface area contributed by atoms with Crippen LogP contribution in [-0.4, -0.2) is 28.2 Å². The summed E-state index contributed by atoms with van der Waals surface area (Å²) in [5.74, 6) is -5.09. The van der Waals surface area contributed by atoms with Crippen LogP contribution in [0.3, 0.4) is 0 Å². The first-order valence-corrected chi connectivity index (χ1v) is 8.70. The Bertz CT molecular complexity index is 919. The molecule has 4 N–H and O–H groups in total. The monoisotopic (exact) mass is 384 g/mol. The Kier molecular flexibility index (Phi) is 4.99. The van der Waals surface area contributed by atoms with Gasteiger partial charge in [0.05, 0.1) is 17.5 Å². The van der Waals surface area contributed by atoms with Crippen molar-refractivity contribution < 1.29 is 23.1 Å². The number of halogens is 3. The fraction of sp³-hybridized carbons (Fsp3) is 0.188. The SMILES string of the molecule is Cn1cc2c(c1C(=O)Nc1cc(F)c(F)c(F)c1)C=CC(CO)NS2=N. The van der Waals surface area contributed by atoms with Crippen molar-refractivity contribution in [2.75, 3.05) is 11.9 Å². The molecule has 10 heteroatoms. The van der Waals surface area contributed by atoms with E-state index in [-0.39, 0.29) is 18.0 Å². The summed E-state index contributed by atoms with van der Waals surface area (Å²) in [4.78, 5) is 13.2. The zero-order valence-corrected chi connectivity index (χ0v) is 14.3. The van der Waals surface area contributed by atoms with Crippen LogP contribution < -0.4 is 10.0 Å². The highest BCUT2D eigenvalue weighted by molar-refractivity contribution is 7.84. The lowest BCUT2D eigenvalue weighted by Gasteiger charge is -2.10. The Labute approximate surface area is 149 Å². The van der Waals surface area contributed by atoms with Gasteiger partial charge in [-0.25, -0.2) is 17.9 Å². The van der Waals surface area contributed by atoms with Crippen molar-refractivity contribution in [3.05, 3.63) is 53.1 Å². The summed E-state index contributed by atoms with van der Waals surface area (Å²) in [6.07, 6.45) is 4.85. The number of anilines is 1. The Hall–Kier alpha value is -2.43. The van der Waals surface area contributed by atoms with E-state index < -0.39 is 40.3 Å². The molecule has 1 aliphatic rings. The number of fused-ring (bicyclic) bond motifs is 1. The molecule has 138 valence electrons. The van der Waals surface area contributed by atoms with Crippen LogP contribution >= 0.6 is 0 Å². The maximum Gasteiger partial charge on any atom is 0.272 e. The van der Waals surface area contributed by atoms with Crippen LogP contribution in [0.1, 0.15) is 16.1 Å². The number of rotatable bonds is 3. The molecule has 2 aromatic rings. The van der Waals surface area contributed by atoms with E-state index in [4.69, 9.17) is 4.78 Å². The molecule has 1 aliphatic heterocycles. The van der Waals surface area contributed by atoms with Crippen molar-refractivity contribution in [2.24, 2.45) is 7.05 Å². The van der Waals surface area contributed by atoms with E-state index in [2.05, 4.69) is 10.0 Å². The van der Waals surface area contributed by atoms with Gasteiger partial charge in [-0.15, -0.1) is 0 Å². The van der Waals surface area contributed by atoms with Crippen LogP contribution in [0.5, 0.6) is 0 Å². The molecular formula is C16H15F3N4O2S. The minimum absolute atomic E-state index is 0.173. The fourth-order valence-electron chi connectivity index (χ4n) is 2.61. The van der Waals surface area contributed by atoms with Gasteiger partial charge in [0.1, 0.15) is 5.69 Å². The molecule has 6 nitrogen and oxygen atoms in total. The van der Waals surface area contributed by atoms with E-state index in [1.807, 2.05) is 0 Å². The van der Waals surface area contributed by atoms with Gasteiger partial charge in [0.15, 0.2) is 17.5 Å². The lowest BCUT2D eigenvalue weighted by Crippen LogP contribution is -2.30. The molecule has 0 spiro atoms. The number of amides is 1. The number of carbonyl (C=O) groups is 1. The molecular weight excluding hydrogens is 369 g/mol. The number of benzene rings is 1. The molecule has 0 aliphatic carbocycles. The number of nitrogens with zero attached hydrogens (tertiary/aromatic N) is 1. The molecule has 1 aromatic carbocycles. The molecule has 0 bridgehead atoms. The average molecular weight is 384 g/mol. The van der Waals surface area contributed by atoms with Gasteiger partial charge < -0.3 is 15.0 Å². The topological polar surface area (TPSA) is 90.1 Å². The van der Waals surface area contributed by atoms with E-state index in [1.54, 1.807) is 25.4 Å². The summed E-state index contributed by atoms with van der Waals surface area (Å²) in [6.45, 7) is -0.203. The minimum Gasteiger partial charge on any atom is -0.394 e. The summed E-state index contributed by atoms with van der Waals surface area (Å²) < 4.78 is 52.3. The van der Waals surface area contributed by atoms with Gasteiger partial charge in [-0.2, -0.15) is 0 Å². The molecule has 1 aromatic heterocycles. The zero-order chi connectivity index (χ0) is 19.0. The molecule has 26 heavy (non-hydrogen) atoms. The largest absolute Gasteiger partial charge is 0.394 e. The van der Waals surface area contributed by atoms with Crippen LogP contribution in [0.4, 0.5) is 18.9 Å². The van der Waals surface area contributed by atoms with Gasteiger partial charge in [-0.3, -0.25) is 9.57 Å². The smallest absolute Gasteiger partial charge is 0.272 e. The Balaban J connectivity index is 1.98. The predicted octanol–water partition coefficient (Wildman–Crippen LogP) is 2.33. The van der Waals surface area contributed by atoms with Crippen molar-refractivity contribution >= 4 is 28.5 Å². The zero-order valence-electron chi connectivity index (χ0n) is 13.5. The van der Waals surface area contributed by atoms with Crippen molar-refractivity contribution in [1.82, 2.24) is 9.29 Å². The van der Waals surface area contributed by atoms with Crippen LogP contribution in [0, 0.1) is 22.2 Å². The molecule has 0 saturated carbocycles. The second-order valence-corrected chi connectivity index (χ2v) is 6.93. The summed E-state index contributed by atoms with van der Waals surface area (Å²) >= 11 is 0. The van der Waals surface area contributed by atoms with Crippen molar-refractivity contribution in [1.29, 1.82) is 4.78 Å². The second-order valence-electron chi connectivity index (χ2n) is 5.65. The highest BCUT2D eigenvalue weighted by atomic mass is 32.2. The van der Waals surface area contributed by atoms with Gasteiger partial charge in [0, 0.05) is 36.6 Å².